The first-order valence-electron chi connectivity index (χ1n) is 5.82. The molecule has 1 aromatic rings. The fourth-order valence-corrected chi connectivity index (χ4v) is 4.27. The molecule has 19 heavy (non-hydrogen) atoms. The molecule has 0 bridgehead atoms. The Labute approximate surface area is 119 Å². The smallest absolute Gasteiger partial charge is 0.254 e. The van der Waals surface area contributed by atoms with Gasteiger partial charge in [-0.25, -0.2) is 12.8 Å². The van der Waals surface area contributed by atoms with Crippen LogP contribution in [0, 0.1) is 11.7 Å². The van der Waals surface area contributed by atoms with E-state index in [1.54, 1.807) is 6.07 Å². The van der Waals surface area contributed by atoms with E-state index in [4.69, 9.17) is 0 Å². The van der Waals surface area contributed by atoms with E-state index in [0.29, 0.717) is 6.42 Å². The van der Waals surface area contributed by atoms with Crippen LogP contribution in [0.1, 0.15) is 16.8 Å². The number of carbonyl (C=O) groups excluding carboxylic acids is 1. The van der Waals surface area contributed by atoms with E-state index in [-0.39, 0.29) is 34.0 Å². The first-order valence-corrected chi connectivity index (χ1v) is 8.43. The van der Waals surface area contributed by atoms with Gasteiger partial charge in [-0.1, -0.05) is 6.07 Å². The van der Waals surface area contributed by atoms with Crippen molar-refractivity contribution in [1.82, 2.24) is 5.32 Å². The van der Waals surface area contributed by atoms with Crippen LogP contribution in [0.15, 0.2) is 22.7 Å². The van der Waals surface area contributed by atoms with Crippen LogP contribution in [0.4, 0.5) is 4.39 Å². The SMILES string of the molecule is O=C(NCC1CCS(=O)(=O)C1)c1cccc(Br)c1F. The Morgan fingerprint density at radius 3 is 2.84 bits per heavy atom. The zero-order valence-electron chi connectivity index (χ0n) is 10.0. The van der Waals surface area contributed by atoms with Crippen molar-refractivity contribution in [1.29, 1.82) is 0 Å². The van der Waals surface area contributed by atoms with Crippen molar-refractivity contribution in [3.05, 3.63) is 34.1 Å². The second-order valence-corrected chi connectivity index (χ2v) is 7.66. The minimum absolute atomic E-state index is 0.0461. The van der Waals surface area contributed by atoms with Crippen LogP contribution in [0.2, 0.25) is 0 Å². The van der Waals surface area contributed by atoms with Gasteiger partial charge in [0.15, 0.2) is 9.84 Å². The zero-order chi connectivity index (χ0) is 14.0. The summed E-state index contributed by atoms with van der Waals surface area (Å²) < 4.78 is 36.4. The molecule has 0 spiro atoms. The molecule has 1 saturated heterocycles. The molecule has 1 aliphatic rings. The van der Waals surface area contributed by atoms with Crippen LogP contribution in [-0.4, -0.2) is 32.4 Å². The van der Waals surface area contributed by atoms with E-state index in [2.05, 4.69) is 21.2 Å². The number of nitrogens with one attached hydrogen (secondary N) is 1. The maximum absolute atomic E-state index is 13.7. The number of benzene rings is 1. The molecule has 0 radical (unpaired) electrons. The van der Waals surface area contributed by atoms with Crippen LogP contribution in [0.25, 0.3) is 0 Å². The molecule has 1 aromatic carbocycles. The molecule has 4 nitrogen and oxygen atoms in total. The Balaban J connectivity index is 1.97. The Hall–Kier alpha value is -0.950. The molecule has 104 valence electrons. The first kappa shape index (κ1) is 14.5. The summed E-state index contributed by atoms with van der Waals surface area (Å²) in [4.78, 5) is 11.8. The third kappa shape index (κ3) is 3.54. The Kier molecular flexibility index (Phi) is 4.25. The maximum atomic E-state index is 13.7. The molecular weight excluding hydrogens is 337 g/mol. The van der Waals surface area contributed by atoms with Crippen LogP contribution in [0.5, 0.6) is 0 Å². The second-order valence-electron chi connectivity index (χ2n) is 4.58. The molecule has 1 fully saturated rings. The fraction of sp³-hybridized carbons (Fsp3) is 0.417. The van der Waals surface area contributed by atoms with E-state index in [9.17, 15) is 17.6 Å². The van der Waals surface area contributed by atoms with Gasteiger partial charge in [-0.2, -0.15) is 0 Å². The molecule has 0 aliphatic carbocycles. The summed E-state index contributed by atoms with van der Waals surface area (Å²) in [5.74, 6) is -0.959. The van der Waals surface area contributed by atoms with Crippen molar-refractivity contribution < 1.29 is 17.6 Å². The van der Waals surface area contributed by atoms with Gasteiger partial charge in [-0.15, -0.1) is 0 Å². The standard InChI is InChI=1S/C12H13BrFNO3S/c13-10-3-1-2-9(11(10)14)12(16)15-6-8-4-5-19(17,18)7-8/h1-3,8H,4-7H2,(H,15,16). The quantitative estimate of drug-likeness (QED) is 0.904. The molecular formula is C12H13BrFNO3S. The zero-order valence-corrected chi connectivity index (χ0v) is 12.4. The number of amides is 1. The van der Waals surface area contributed by atoms with Crippen molar-refractivity contribution in [3.63, 3.8) is 0 Å². The van der Waals surface area contributed by atoms with Gasteiger partial charge in [-0.05, 0) is 40.4 Å². The maximum Gasteiger partial charge on any atom is 0.254 e. The topological polar surface area (TPSA) is 63.2 Å². The Bertz CT molecular complexity index is 603. The lowest BCUT2D eigenvalue weighted by molar-refractivity contribution is 0.0944. The third-order valence-corrected chi connectivity index (χ3v) is 5.52. The predicted molar refractivity (Wildman–Crippen MR) is 73.2 cm³/mol. The van der Waals surface area contributed by atoms with Crippen LogP contribution in [0.3, 0.4) is 0 Å². The van der Waals surface area contributed by atoms with Gasteiger partial charge in [0.1, 0.15) is 5.82 Å². The van der Waals surface area contributed by atoms with Crippen molar-refractivity contribution in [2.24, 2.45) is 5.92 Å². The number of hydrogen-bond acceptors (Lipinski definition) is 3. The van der Waals surface area contributed by atoms with Gasteiger partial charge in [0.05, 0.1) is 21.5 Å². The first-order chi connectivity index (χ1) is 8.89. The number of sulfone groups is 1. The van der Waals surface area contributed by atoms with Gasteiger partial charge in [0.25, 0.3) is 5.91 Å². The van der Waals surface area contributed by atoms with Crippen molar-refractivity contribution in [3.8, 4) is 0 Å². The highest BCUT2D eigenvalue weighted by molar-refractivity contribution is 9.10. The molecule has 1 amide bonds. The van der Waals surface area contributed by atoms with E-state index < -0.39 is 21.6 Å². The molecule has 1 heterocycles. The summed E-state index contributed by atoms with van der Waals surface area (Å²) in [5, 5.41) is 2.58. The van der Waals surface area contributed by atoms with Gasteiger partial charge in [0.2, 0.25) is 0 Å². The molecule has 7 heteroatoms. The summed E-state index contributed by atoms with van der Waals surface area (Å²) in [6.07, 6.45) is 0.545. The molecule has 1 N–H and O–H groups in total. The lowest BCUT2D eigenvalue weighted by atomic mass is 10.1. The summed E-state index contributed by atoms with van der Waals surface area (Å²) in [7, 11) is -2.96. The van der Waals surface area contributed by atoms with Crippen molar-refractivity contribution in [2.75, 3.05) is 18.1 Å². The number of rotatable bonds is 3. The number of carbonyl (C=O) groups is 1. The van der Waals surface area contributed by atoms with Crippen LogP contribution in [-0.2, 0) is 9.84 Å². The largest absolute Gasteiger partial charge is 0.352 e. The monoisotopic (exact) mass is 349 g/mol. The summed E-state index contributed by atoms with van der Waals surface area (Å²) in [6, 6.07) is 4.47. The highest BCUT2D eigenvalue weighted by Gasteiger charge is 2.28. The number of halogens is 2. The highest BCUT2D eigenvalue weighted by Crippen LogP contribution is 2.20. The molecule has 0 aromatic heterocycles. The normalized spacial score (nSPS) is 21.3. The molecule has 1 atom stereocenters. The average Bonchev–Trinajstić information content (AvgIpc) is 2.69. The Morgan fingerprint density at radius 2 is 2.21 bits per heavy atom. The van der Waals surface area contributed by atoms with Gasteiger partial charge < -0.3 is 5.32 Å². The third-order valence-electron chi connectivity index (χ3n) is 3.07. The second kappa shape index (κ2) is 5.58. The van der Waals surface area contributed by atoms with Gasteiger partial charge in [0, 0.05) is 6.54 Å². The summed E-state index contributed by atoms with van der Waals surface area (Å²) >= 11 is 3.01. The van der Waals surface area contributed by atoms with E-state index >= 15 is 0 Å². The van der Waals surface area contributed by atoms with Crippen molar-refractivity contribution in [2.45, 2.75) is 6.42 Å². The molecule has 0 saturated carbocycles. The predicted octanol–water partition coefficient (Wildman–Crippen LogP) is 1.75. The lowest BCUT2D eigenvalue weighted by Gasteiger charge is -2.10. The van der Waals surface area contributed by atoms with Crippen LogP contribution < -0.4 is 5.32 Å². The minimum atomic E-state index is -2.96. The molecule has 2 rings (SSSR count). The average molecular weight is 350 g/mol. The molecule has 1 aliphatic heterocycles. The molecule has 1 unspecified atom stereocenters. The fourth-order valence-electron chi connectivity index (χ4n) is 2.04. The van der Waals surface area contributed by atoms with Crippen molar-refractivity contribution >= 4 is 31.7 Å². The number of hydrogen-bond donors (Lipinski definition) is 1. The van der Waals surface area contributed by atoms with Gasteiger partial charge >= 0.3 is 0 Å². The van der Waals surface area contributed by atoms with E-state index in [1.165, 1.54) is 12.1 Å². The highest BCUT2D eigenvalue weighted by atomic mass is 79.9. The summed E-state index contributed by atoms with van der Waals surface area (Å²) in [6.45, 7) is 0.254. The van der Waals surface area contributed by atoms with Gasteiger partial charge in [-0.3, -0.25) is 4.79 Å². The van der Waals surface area contributed by atoms with E-state index in [0.717, 1.165) is 0 Å². The van der Waals surface area contributed by atoms with E-state index in [1.807, 2.05) is 0 Å². The van der Waals surface area contributed by atoms with Crippen LogP contribution >= 0.6 is 15.9 Å². The summed E-state index contributed by atoms with van der Waals surface area (Å²) in [5.41, 5.74) is -0.0461. The Morgan fingerprint density at radius 1 is 1.47 bits per heavy atom. The lowest BCUT2D eigenvalue weighted by Crippen LogP contribution is -2.30. The minimum Gasteiger partial charge on any atom is -0.352 e.